The van der Waals surface area contributed by atoms with Gasteiger partial charge in [-0.05, 0) is 18.2 Å². The summed E-state index contributed by atoms with van der Waals surface area (Å²) in [7, 11) is 1.51. The molecular formula is C32H31F4N7O3. The predicted molar refractivity (Wildman–Crippen MR) is 162 cm³/mol. The van der Waals surface area contributed by atoms with Crippen LogP contribution in [0.5, 0.6) is 5.75 Å². The zero-order valence-corrected chi connectivity index (χ0v) is 24.9. The molecule has 0 unspecified atom stereocenters. The predicted octanol–water partition coefficient (Wildman–Crippen LogP) is 5.75. The molecular weight excluding hydrogens is 606 g/mol. The summed E-state index contributed by atoms with van der Waals surface area (Å²) in [5, 5.41) is 8.50. The first kappa shape index (κ1) is 31.3. The van der Waals surface area contributed by atoms with Gasteiger partial charge in [-0.3, -0.25) is 14.6 Å². The van der Waals surface area contributed by atoms with Crippen molar-refractivity contribution in [3.63, 3.8) is 0 Å². The van der Waals surface area contributed by atoms with Gasteiger partial charge in [-0.15, -0.1) is 0 Å². The van der Waals surface area contributed by atoms with Gasteiger partial charge in [0.15, 0.2) is 5.82 Å². The average molecular weight is 638 g/mol. The highest BCUT2D eigenvalue weighted by molar-refractivity contribution is 5.91. The number of aromatic nitrogens is 5. The van der Waals surface area contributed by atoms with Crippen LogP contribution in [0.25, 0.3) is 22.4 Å². The third-order valence-corrected chi connectivity index (χ3v) is 7.39. The van der Waals surface area contributed by atoms with E-state index < -0.39 is 18.1 Å². The second kappa shape index (κ2) is 14.2. The van der Waals surface area contributed by atoms with Crippen molar-refractivity contribution < 1.29 is 31.8 Å². The summed E-state index contributed by atoms with van der Waals surface area (Å²) in [5.41, 5.74) is 1.50. The van der Waals surface area contributed by atoms with Gasteiger partial charge in [0.25, 0.3) is 6.43 Å². The zero-order valence-electron chi connectivity index (χ0n) is 24.9. The third kappa shape index (κ3) is 7.25. The smallest absolute Gasteiger partial charge is 0.280 e. The molecule has 14 heteroatoms. The molecule has 240 valence electrons. The maximum absolute atomic E-state index is 15.2. The number of nitrogens with one attached hydrogen (secondary N) is 1. The van der Waals surface area contributed by atoms with Crippen LogP contribution in [0.1, 0.15) is 23.4 Å². The first-order valence-corrected chi connectivity index (χ1v) is 14.6. The molecule has 2 aromatic carbocycles. The molecule has 0 aliphatic carbocycles. The minimum atomic E-state index is -2.73. The van der Waals surface area contributed by atoms with Gasteiger partial charge in [0.1, 0.15) is 41.2 Å². The van der Waals surface area contributed by atoms with Crippen molar-refractivity contribution in [2.45, 2.75) is 19.5 Å². The molecule has 1 fully saturated rings. The second-order valence-corrected chi connectivity index (χ2v) is 10.6. The number of para-hydroxylation sites is 1. The monoisotopic (exact) mass is 637 g/mol. The van der Waals surface area contributed by atoms with Crippen molar-refractivity contribution in [1.82, 2.24) is 29.6 Å². The molecule has 0 bridgehead atoms. The summed E-state index contributed by atoms with van der Waals surface area (Å²) in [6.45, 7) is 3.34. The van der Waals surface area contributed by atoms with E-state index in [-0.39, 0.29) is 42.6 Å². The Bertz CT molecular complexity index is 1790. The first-order chi connectivity index (χ1) is 22.4. The van der Waals surface area contributed by atoms with Gasteiger partial charge >= 0.3 is 0 Å². The lowest BCUT2D eigenvalue weighted by Crippen LogP contribution is -2.35. The minimum Gasteiger partial charge on any atom is -0.491 e. The van der Waals surface area contributed by atoms with E-state index >= 15 is 8.78 Å². The van der Waals surface area contributed by atoms with E-state index in [1.54, 1.807) is 24.3 Å². The Morgan fingerprint density at radius 1 is 0.957 bits per heavy atom. The number of benzene rings is 2. The number of hydrogen-bond donors (Lipinski definition) is 1. The average Bonchev–Trinajstić information content (AvgIpc) is 3.42. The summed E-state index contributed by atoms with van der Waals surface area (Å²) >= 11 is 0. The largest absolute Gasteiger partial charge is 0.491 e. The number of nitrogens with zero attached hydrogens (tertiary/aromatic N) is 6. The molecule has 1 N–H and O–H groups in total. The number of hydrogen-bond acceptors (Lipinski definition) is 9. The van der Waals surface area contributed by atoms with Crippen LogP contribution < -0.4 is 10.1 Å². The molecule has 46 heavy (non-hydrogen) atoms. The Labute approximate surface area is 262 Å². The van der Waals surface area contributed by atoms with Crippen molar-refractivity contribution in [1.29, 1.82) is 0 Å². The number of morpholine rings is 1. The Hall–Kier alpha value is -4.66. The molecule has 0 spiro atoms. The van der Waals surface area contributed by atoms with Crippen LogP contribution >= 0.6 is 0 Å². The van der Waals surface area contributed by atoms with Gasteiger partial charge < -0.3 is 19.5 Å². The van der Waals surface area contributed by atoms with E-state index in [9.17, 15) is 8.78 Å². The molecule has 10 nitrogen and oxygen atoms in total. The highest BCUT2D eigenvalue weighted by atomic mass is 19.3. The van der Waals surface area contributed by atoms with Crippen LogP contribution in [-0.2, 0) is 22.6 Å². The molecule has 4 heterocycles. The molecule has 1 aliphatic heterocycles. The van der Waals surface area contributed by atoms with Gasteiger partial charge in [-0.25, -0.2) is 27.5 Å². The number of pyridine rings is 1. The molecule has 0 radical (unpaired) electrons. The van der Waals surface area contributed by atoms with Gasteiger partial charge in [0.2, 0.25) is 0 Å². The fourth-order valence-corrected chi connectivity index (χ4v) is 5.15. The maximum atomic E-state index is 15.2. The summed E-state index contributed by atoms with van der Waals surface area (Å²) in [6, 6.07) is 14.1. The standard InChI is InChI=1S/C32H31F4N7O3/c1-44-12-13-46-22-16-25(33)24(26(34)17-22)19-43-28-5-3-2-4-23(28)30(41-43)32-39-21(18-42-8-10-45-11-9-42)15-29(40-32)38-20-6-7-37-27(14-20)31(35)36/h2-7,14-17,31H,8-13,18-19H2,1H3,(H,37,38,39,40). The summed E-state index contributed by atoms with van der Waals surface area (Å²) in [4.78, 5) is 15.4. The zero-order chi connectivity index (χ0) is 32.0. The number of fused-ring (bicyclic) bond motifs is 1. The van der Waals surface area contributed by atoms with Crippen molar-refractivity contribution in [2.75, 3.05) is 51.9 Å². The van der Waals surface area contributed by atoms with Crippen LogP contribution in [0, 0.1) is 11.6 Å². The Morgan fingerprint density at radius 3 is 2.50 bits per heavy atom. The molecule has 6 rings (SSSR count). The molecule has 0 saturated carbocycles. The highest BCUT2D eigenvalue weighted by Crippen LogP contribution is 2.30. The first-order valence-electron chi connectivity index (χ1n) is 14.6. The van der Waals surface area contributed by atoms with Crippen LogP contribution in [0.3, 0.4) is 0 Å². The van der Waals surface area contributed by atoms with Crippen molar-refractivity contribution in [2.24, 2.45) is 0 Å². The van der Waals surface area contributed by atoms with Crippen LogP contribution in [0.15, 0.2) is 60.8 Å². The van der Waals surface area contributed by atoms with E-state index in [4.69, 9.17) is 29.3 Å². The molecule has 3 aromatic heterocycles. The normalized spacial score (nSPS) is 13.9. The van der Waals surface area contributed by atoms with Crippen molar-refractivity contribution >= 4 is 22.4 Å². The number of ether oxygens (including phenoxy) is 3. The van der Waals surface area contributed by atoms with Gasteiger partial charge in [0, 0.05) is 67.8 Å². The lowest BCUT2D eigenvalue weighted by atomic mass is 10.1. The van der Waals surface area contributed by atoms with E-state index in [0.29, 0.717) is 53.6 Å². The summed E-state index contributed by atoms with van der Waals surface area (Å²) in [5.74, 6) is -0.871. The van der Waals surface area contributed by atoms with E-state index in [1.165, 1.54) is 24.1 Å². The Kier molecular flexibility index (Phi) is 9.66. The van der Waals surface area contributed by atoms with Crippen LogP contribution in [0.2, 0.25) is 0 Å². The summed E-state index contributed by atoms with van der Waals surface area (Å²) in [6.07, 6.45) is -1.43. The van der Waals surface area contributed by atoms with E-state index in [2.05, 4.69) is 15.2 Å². The topological polar surface area (TPSA) is 99.5 Å². The third-order valence-electron chi connectivity index (χ3n) is 7.39. The van der Waals surface area contributed by atoms with Gasteiger partial charge in [0.05, 0.1) is 37.6 Å². The number of methoxy groups -OCH3 is 1. The van der Waals surface area contributed by atoms with Gasteiger partial charge in [-0.2, -0.15) is 5.10 Å². The fourth-order valence-electron chi connectivity index (χ4n) is 5.15. The van der Waals surface area contributed by atoms with E-state index in [1.807, 2.05) is 12.1 Å². The quantitative estimate of drug-likeness (QED) is 0.135. The van der Waals surface area contributed by atoms with Crippen LogP contribution in [0.4, 0.5) is 29.1 Å². The Morgan fingerprint density at radius 2 is 1.74 bits per heavy atom. The molecule has 0 amide bonds. The number of rotatable bonds is 12. The van der Waals surface area contributed by atoms with Crippen LogP contribution in [-0.4, -0.2) is 76.3 Å². The molecule has 0 atom stereocenters. The number of halogens is 4. The van der Waals surface area contributed by atoms with Gasteiger partial charge in [-0.1, -0.05) is 18.2 Å². The summed E-state index contributed by atoms with van der Waals surface area (Å²) < 4.78 is 74.3. The number of anilines is 2. The maximum Gasteiger partial charge on any atom is 0.280 e. The van der Waals surface area contributed by atoms with Crippen molar-refractivity contribution in [3.05, 3.63) is 89.4 Å². The van der Waals surface area contributed by atoms with E-state index in [0.717, 1.165) is 25.2 Å². The molecule has 5 aromatic rings. The Balaban J connectivity index is 1.37. The minimum absolute atomic E-state index is 0.0576. The number of alkyl halides is 2. The SMILES string of the molecule is COCCOc1cc(F)c(Cn2nc(-c3nc(CN4CCOCC4)cc(Nc4ccnc(C(F)F)c4)n3)c3ccccc32)c(F)c1. The lowest BCUT2D eigenvalue weighted by molar-refractivity contribution is 0.0336. The molecule has 1 aliphatic rings. The highest BCUT2D eigenvalue weighted by Gasteiger charge is 2.21. The fraction of sp³-hybridized carbons (Fsp3) is 0.312. The second-order valence-electron chi connectivity index (χ2n) is 10.6. The lowest BCUT2D eigenvalue weighted by Gasteiger charge is -2.26. The molecule has 1 saturated heterocycles. The van der Waals surface area contributed by atoms with Crippen molar-refractivity contribution in [3.8, 4) is 17.3 Å².